The van der Waals surface area contributed by atoms with E-state index in [0.717, 1.165) is 58.2 Å². The van der Waals surface area contributed by atoms with Crippen LogP contribution < -0.4 is 10.1 Å². The number of hydrogen-bond donors (Lipinski definition) is 1. The lowest BCUT2D eigenvalue weighted by atomic mass is 10.1. The molecule has 0 bridgehead atoms. The molecular formula is C23H20F2N6OS. The summed E-state index contributed by atoms with van der Waals surface area (Å²) in [6.07, 6.45) is 2.10. The van der Waals surface area contributed by atoms with E-state index in [0.29, 0.717) is 18.5 Å². The van der Waals surface area contributed by atoms with Gasteiger partial charge in [-0.1, -0.05) is 0 Å². The van der Waals surface area contributed by atoms with Gasteiger partial charge in [-0.15, -0.1) is 11.3 Å². The van der Waals surface area contributed by atoms with Crippen molar-refractivity contribution < 1.29 is 13.5 Å². The topological polar surface area (TPSA) is 68.1 Å². The van der Waals surface area contributed by atoms with Crippen molar-refractivity contribution in [3.8, 4) is 33.4 Å². The second kappa shape index (κ2) is 7.89. The molecule has 0 aliphatic carbocycles. The largest absolute Gasteiger partial charge is 0.491 e. The molecule has 168 valence electrons. The molecule has 10 heteroatoms. The Morgan fingerprint density at radius 2 is 2.03 bits per heavy atom. The minimum absolute atomic E-state index is 0.145. The van der Waals surface area contributed by atoms with Crippen LogP contribution in [0.2, 0.25) is 0 Å². The maximum absolute atomic E-state index is 14.4. The van der Waals surface area contributed by atoms with E-state index in [-0.39, 0.29) is 5.69 Å². The first-order chi connectivity index (χ1) is 16.0. The summed E-state index contributed by atoms with van der Waals surface area (Å²) in [7, 11) is 2.09. The minimum Gasteiger partial charge on any atom is -0.491 e. The number of pyridine rings is 1. The van der Waals surface area contributed by atoms with E-state index in [2.05, 4.69) is 27.3 Å². The average molecular weight is 467 g/mol. The third kappa shape index (κ3) is 3.65. The number of fused-ring (bicyclic) bond motifs is 3. The van der Waals surface area contributed by atoms with E-state index >= 15 is 0 Å². The van der Waals surface area contributed by atoms with Crippen LogP contribution in [0.4, 0.5) is 14.6 Å². The van der Waals surface area contributed by atoms with Crippen molar-refractivity contribution in [1.82, 2.24) is 24.6 Å². The fourth-order valence-electron chi connectivity index (χ4n) is 4.25. The Kier molecular flexibility index (Phi) is 4.84. The summed E-state index contributed by atoms with van der Waals surface area (Å²) >= 11 is 1.56. The van der Waals surface area contributed by atoms with Crippen molar-refractivity contribution >= 4 is 17.2 Å². The molecule has 7 nitrogen and oxygen atoms in total. The molecule has 0 saturated carbocycles. The zero-order valence-corrected chi connectivity index (χ0v) is 18.6. The van der Waals surface area contributed by atoms with Gasteiger partial charge in [0.05, 0.1) is 17.5 Å². The summed E-state index contributed by atoms with van der Waals surface area (Å²) in [4.78, 5) is 13.4. The summed E-state index contributed by atoms with van der Waals surface area (Å²) in [5.74, 6) is 0.708. The first-order valence-electron chi connectivity index (χ1n) is 10.6. The summed E-state index contributed by atoms with van der Waals surface area (Å²) in [6, 6.07) is 9.70. The van der Waals surface area contributed by atoms with Crippen LogP contribution in [-0.4, -0.2) is 57.4 Å². The zero-order valence-electron chi connectivity index (χ0n) is 17.8. The number of likely N-dealkylation sites (tertiary alicyclic amines) is 1. The highest BCUT2D eigenvalue weighted by Crippen LogP contribution is 2.42. The normalized spacial score (nSPS) is 15.8. The number of benzene rings is 1. The number of anilines is 1. The summed E-state index contributed by atoms with van der Waals surface area (Å²) in [5, 5.41) is 7.67. The molecular weight excluding hydrogens is 446 g/mol. The Morgan fingerprint density at radius 3 is 2.85 bits per heavy atom. The molecule has 3 aromatic heterocycles. The van der Waals surface area contributed by atoms with Gasteiger partial charge in [-0.05, 0) is 37.4 Å². The van der Waals surface area contributed by atoms with Crippen molar-refractivity contribution in [3.63, 3.8) is 0 Å². The van der Waals surface area contributed by atoms with Crippen molar-refractivity contribution in [2.75, 3.05) is 32.1 Å². The standard InChI is InChI=1S/C23H20F2N6OS/c1-30-10-14(11-30)28-21-5-4-18-22(29-21)15-9-20(33-19(15)6-7-32-18)23-26-12-27-31(23)17-3-2-13(24)8-16(17)25/h2-5,8-9,12,14H,6-7,10-11H2,1H3,(H,28,29). The Bertz CT molecular complexity index is 1350. The smallest absolute Gasteiger partial charge is 0.173 e. The lowest BCUT2D eigenvalue weighted by Gasteiger charge is -2.36. The number of halogens is 2. The van der Waals surface area contributed by atoms with E-state index in [1.807, 2.05) is 18.2 Å². The van der Waals surface area contributed by atoms with Gasteiger partial charge in [0, 0.05) is 36.0 Å². The Morgan fingerprint density at radius 1 is 1.15 bits per heavy atom. The van der Waals surface area contributed by atoms with Crippen LogP contribution in [0, 0.1) is 11.6 Å². The van der Waals surface area contributed by atoms with E-state index in [1.54, 1.807) is 11.3 Å². The predicted octanol–water partition coefficient (Wildman–Crippen LogP) is 4.00. The number of likely N-dealkylation sites (N-methyl/N-ethyl adjacent to an activating group) is 1. The monoisotopic (exact) mass is 466 g/mol. The molecule has 5 heterocycles. The summed E-state index contributed by atoms with van der Waals surface area (Å²) < 4.78 is 35.2. The first kappa shape index (κ1) is 20.3. The van der Waals surface area contributed by atoms with Crippen LogP contribution in [0.3, 0.4) is 0 Å². The maximum Gasteiger partial charge on any atom is 0.173 e. The van der Waals surface area contributed by atoms with Crippen LogP contribution >= 0.6 is 11.3 Å². The van der Waals surface area contributed by atoms with Crippen molar-refractivity contribution in [2.45, 2.75) is 12.5 Å². The first-order valence-corrected chi connectivity index (χ1v) is 11.4. The molecule has 0 radical (unpaired) electrons. The van der Waals surface area contributed by atoms with Gasteiger partial charge in [-0.25, -0.2) is 23.4 Å². The quantitative estimate of drug-likeness (QED) is 0.491. The lowest BCUT2D eigenvalue weighted by molar-refractivity contribution is 0.205. The number of hydrogen-bond acceptors (Lipinski definition) is 7. The zero-order chi connectivity index (χ0) is 22.5. The summed E-state index contributed by atoms with van der Waals surface area (Å²) in [5.41, 5.74) is 1.90. The number of ether oxygens (including phenoxy) is 1. The SMILES string of the molecule is CN1CC(Nc2ccc3c(n2)-c2cc(-c4ncnn4-c4ccc(F)cc4F)sc2CCO3)C1. The van der Waals surface area contributed by atoms with E-state index < -0.39 is 11.6 Å². The Balaban J connectivity index is 1.39. The molecule has 2 aliphatic heterocycles. The van der Waals surface area contributed by atoms with Gasteiger partial charge in [0.25, 0.3) is 0 Å². The average Bonchev–Trinajstić information content (AvgIpc) is 3.37. The fourth-order valence-corrected chi connectivity index (χ4v) is 5.38. The van der Waals surface area contributed by atoms with Gasteiger partial charge < -0.3 is 15.0 Å². The Labute approximate surface area is 192 Å². The van der Waals surface area contributed by atoms with Gasteiger partial charge in [0.2, 0.25) is 0 Å². The highest BCUT2D eigenvalue weighted by molar-refractivity contribution is 7.16. The van der Waals surface area contributed by atoms with Crippen LogP contribution in [0.15, 0.2) is 42.7 Å². The van der Waals surface area contributed by atoms with Crippen molar-refractivity contribution in [2.24, 2.45) is 0 Å². The van der Waals surface area contributed by atoms with Crippen molar-refractivity contribution in [1.29, 1.82) is 0 Å². The van der Waals surface area contributed by atoms with E-state index in [4.69, 9.17) is 9.72 Å². The number of thiophene rings is 1. The molecule has 0 atom stereocenters. The van der Waals surface area contributed by atoms with E-state index in [9.17, 15) is 8.78 Å². The maximum atomic E-state index is 14.4. The highest BCUT2D eigenvalue weighted by Gasteiger charge is 2.26. The summed E-state index contributed by atoms with van der Waals surface area (Å²) in [6.45, 7) is 2.51. The number of aromatic nitrogens is 4. The van der Waals surface area contributed by atoms with Gasteiger partial charge in [-0.2, -0.15) is 5.10 Å². The molecule has 0 spiro atoms. The third-order valence-electron chi connectivity index (χ3n) is 5.83. The van der Waals surface area contributed by atoms with Crippen LogP contribution in [0.5, 0.6) is 5.75 Å². The molecule has 1 fully saturated rings. The molecule has 0 amide bonds. The molecule has 1 aromatic carbocycles. The van der Waals surface area contributed by atoms with Gasteiger partial charge in [0.1, 0.15) is 35.1 Å². The predicted molar refractivity (Wildman–Crippen MR) is 122 cm³/mol. The molecule has 0 unspecified atom stereocenters. The molecule has 1 N–H and O–H groups in total. The second-order valence-electron chi connectivity index (χ2n) is 8.24. The fraction of sp³-hybridized carbons (Fsp3) is 0.261. The van der Waals surface area contributed by atoms with Gasteiger partial charge in [0.15, 0.2) is 11.6 Å². The molecule has 2 aliphatic rings. The Hall–Kier alpha value is -3.37. The lowest BCUT2D eigenvalue weighted by Crippen LogP contribution is -2.52. The van der Waals surface area contributed by atoms with Gasteiger partial charge >= 0.3 is 0 Å². The van der Waals surface area contributed by atoms with Crippen LogP contribution in [0.25, 0.3) is 27.6 Å². The highest BCUT2D eigenvalue weighted by atomic mass is 32.1. The van der Waals surface area contributed by atoms with Crippen LogP contribution in [-0.2, 0) is 6.42 Å². The minimum atomic E-state index is -0.697. The number of nitrogens with one attached hydrogen (secondary N) is 1. The third-order valence-corrected chi connectivity index (χ3v) is 7.02. The van der Waals surface area contributed by atoms with Crippen molar-refractivity contribution in [3.05, 3.63) is 59.2 Å². The number of rotatable bonds is 4. The molecule has 1 saturated heterocycles. The molecule has 4 aromatic rings. The van der Waals surface area contributed by atoms with Crippen LogP contribution in [0.1, 0.15) is 4.88 Å². The molecule has 6 rings (SSSR count). The van der Waals surface area contributed by atoms with E-state index in [1.165, 1.54) is 23.1 Å². The number of nitrogens with zero attached hydrogens (tertiary/aromatic N) is 5. The second-order valence-corrected chi connectivity index (χ2v) is 9.38. The molecule has 33 heavy (non-hydrogen) atoms. The van der Waals surface area contributed by atoms with Gasteiger partial charge in [-0.3, -0.25) is 0 Å².